The van der Waals surface area contributed by atoms with E-state index in [-0.39, 0.29) is 22.3 Å². The third kappa shape index (κ3) is 7.03. The van der Waals surface area contributed by atoms with Crippen molar-refractivity contribution >= 4 is 0 Å². The molecule has 9 heteroatoms. The number of alkyl halides is 2. The highest BCUT2D eigenvalue weighted by molar-refractivity contribution is 5.72. The minimum Gasteiger partial charge on any atom is -0.429 e. The Hall–Kier alpha value is -4.66. The molecule has 5 aromatic rings. The van der Waals surface area contributed by atoms with Gasteiger partial charge in [0.05, 0.1) is 5.56 Å². The van der Waals surface area contributed by atoms with E-state index < -0.39 is 52.3 Å². The fourth-order valence-electron chi connectivity index (χ4n) is 5.00. The summed E-state index contributed by atoms with van der Waals surface area (Å²) >= 11 is 0. The Morgan fingerprint density at radius 3 is 1.71 bits per heavy atom. The van der Waals surface area contributed by atoms with Gasteiger partial charge >= 0.3 is 6.11 Å². The van der Waals surface area contributed by atoms with Gasteiger partial charge in [-0.1, -0.05) is 62.2 Å². The second-order valence-corrected chi connectivity index (χ2v) is 10.6. The molecule has 0 radical (unpaired) electrons. The summed E-state index contributed by atoms with van der Waals surface area (Å²) in [7, 11) is 0. The Balaban J connectivity index is 1.32. The van der Waals surface area contributed by atoms with Gasteiger partial charge in [0.15, 0.2) is 17.5 Å². The predicted octanol–water partition coefficient (Wildman–Crippen LogP) is 11.4. The van der Waals surface area contributed by atoms with Crippen molar-refractivity contribution in [3.05, 3.63) is 137 Å². The first-order valence-electron chi connectivity index (χ1n) is 14.2. The van der Waals surface area contributed by atoms with Gasteiger partial charge in [-0.2, -0.15) is 8.78 Å². The lowest BCUT2D eigenvalue weighted by molar-refractivity contribution is -0.187. The molecule has 0 N–H and O–H groups in total. The molecule has 1 nitrogen and oxygen atoms in total. The number of halogens is 8. The summed E-state index contributed by atoms with van der Waals surface area (Å²) in [4.78, 5) is 0. The van der Waals surface area contributed by atoms with Crippen molar-refractivity contribution in [1.29, 1.82) is 0 Å². The first kappa shape index (κ1) is 31.8. The summed E-state index contributed by atoms with van der Waals surface area (Å²) in [6.45, 7) is 2.12. The highest BCUT2D eigenvalue weighted by atomic mass is 19.3. The maximum absolute atomic E-state index is 15.0. The molecule has 0 saturated heterocycles. The van der Waals surface area contributed by atoms with Crippen molar-refractivity contribution in [1.82, 2.24) is 0 Å². The van der Waals surface area contributed by atoms with Crippen LogP contribution in [0.2, 0.25) is 0 Å². The molecule has 0 spiro atoms. The quantitative estimate of drug-likeness (QED) is 0.0852. The first-order valence-corrected chi connectivity index (χ1v) is 14.2. The molecule has 5 aromatic carbocycles. The SMILES string of the molecule is CCCCCc1ccc(-c2ccc(C(F)(F)Oc3ccc(-c4ccc(-c5cc(F)c(F)c(F)c5)c(F)c4)c(F)c3)c(F)c2)cc1. The fourth-order valence-corrected chi connectivity index (χ4v) is 5.00. The lowest BCUT2D eigenvalue weighted by atomic mass is 9.99. The van der Waals surface area contributed by atoms with Gasteiger partial charge < -0.3 is 4.74 Å². The van der Waals surface area contributed by atoms with Gasteiger partial charge in [-0.15, -0.1) is 0 Å². The van der Waals surface area contributed by atoms with Crippen molar-refractivity contribution in [3.63, 3.8) is 0 Å². The zero-order valence-electron chi connectivity index (χ0n) is 23.9. The van der Waals surface area contributed by atoms with Crippen LogP contribution in [0.25, 0.3) is 33.4 Å². The van der Waals surface area contributed by atoms with Crippen molar-refractivity contribution in [2.45, 2.75) is 38.7 Å². The zero-order chi connectivity index (χ0) is 32.3. The molecular weight excluding hydrogens is 600 g/mol. The molecular formula is C36H26F8O. The van der Waals surface area contributed by atoms with Crippen molar-refractivity contribution in [2.75, 3.05) is 0 Å². The van der Waals surface area contributed by atoms with E-state index in [9.17, 15) is 26.3 Å². The van der Waals surface area contributed by atoms with Crippen LogP contribution in [0.1, 0.15) is 37.3 Å². The summed E-state index contributed by atoms with van der Waals surface area (Å²) in [5, 5.41) is 0. The second-order valence-electron chi connectivity index (χ2n) is 10.6. The van der Waals surface area contributed by atoms with E-state index in [0.29, 0.717) is 29.3 Å². The van der Waals surface area contributed by atoms with Crippen molar-refractivity contribution in [2.24, 2.45) is 0 Å². The Labute approximate surface area is 254 Å². The molecule has 5 rings (SSSR count). The van der Waals surface area contributed by atoms with Gasteiger partial charge in [0.2, 0.25) is 0 Å². The average Bonchev–Trinajstić information content (AvgIpc) is 3.00. The molecule has 0 aliphatic rings. The van der Waals surface area contributed by atoms with Crippen LogP contribution in [-0.4, -0.2) is 0 Å². The summed E-state index contributed by atoms with van der Waals surface area (Å²) in [6.07, 6.45) is 0.0249. The largest absolute Gasteiger partial charge is 0.429 e. The summed E-state index contributed by atoms with van der Waals surface area (Å²) in [5.41, 5.74) is 0.368. The monoisotopic (exact) mass is 626 g/mol. The van der Waals surface area contributed by atoms with Crippen LogP contribution in [0, 0.1) is 34.9 Å². The van der Waals surface area contributed by atoms with Crippen molar-refractivity contribution < 1.29 is 39.9 Å². The molecule has 0 atom stereocenters. The zero-order valence-corrected chi connectivity index (χ0v) is 23.9. The normalized spacial score (nSPS) is 11.6. The van der Waals surface area contributed by atoms with E-state index in [1.54, 1.807) is 12.1 Å². The van der Waals surface area contributed by atoms with Crippen LogP contribution in [0.5, 0.6) is 5.75 Å². The third-order valence-electron chi connectivity index (χ3n) is 7.40. The number of rotatable bonds is 10. The molecule has 0 fully saturated rings. The number of aryl methyl sites for hydroxylation is 1. The van der Waals surface area contributed by atoms with Crippen LogP contribution >= 0.6 is 0 Å². The van der Waals surface area contributed by atoms with Gasteiger partial charge in [0.25, 0.3) is 0 Å². The van der Waals surface area contributed by atoms with Crippen LogP contribution in [0.3, 0.4) is 0 Å². The number of hydrogen-bond donors (Lipinski definition) is 0. The van der Waals surface area contributed by atoms with E-state index in [2.05, 4.69) is 6.92 Å². The Kier molecular flexibility index (Phi) is 9.27. The Bertz CT molecular complexity index is 1810. The lowest BCUT2D eigenvalue weighted by Gasteiger charge is -2.20. The van der Waals surface area contributed by atoms with Gasteiger partial charge in [0.1, 0.15) is 23.2 Å². The van der Waals surface area contributed by atoms with E-state index in [4.69, 9.17) is 4.74 Å². The van der Waals surface area contributed by atoms with Gasteiger partial charge in [0, 0.05) is 17.2 Å². The molecule has 0 aromatic heterocycles. The van der Waals surface area contributed by atoms with E-state index in [1.807, 2.05) is 12.1 Å². The number of ether oxygens (including phenoxy) is 1. The minimum absolute atomic E-state index is 0.0225. The van der Waals surface area contributed by atoms with Crippen molar-refractivity contribution in [3.8, 4) is 39.1 Å². The van der Waals surface area contributed by atoms with Gasteiger partial charge in [-0.3, -0.25) is 0 Å². The molecule has 232 valence electrons. The highest BCUT2D eigenvalue weighted by Crippen LogP contribution is 2.37. The number of hydrogen-bond acceptors (Lipinski definition) is 1. The third-order valence-corrected chi connectivity index (χ3v) is 7.40. The minimum atomic E-state index is -4.16. The molecule has 0 aliphatic carbocycles. The average molecular weight is 627 g/mol. The van der Waals surface area contributed by atoms with E-state index in [0.717, 1.165) is 67.6 Å². The summed E-state index contributed by atoms with van der Waals surface area (Å²) < 4.78 is 120. The fraction of sp³-hybridized carbons (Fsp3) is 0.167. The molecule has 0 amide bonds. The van der Waals surface area contributed by atoms with Crippen LogP contribution in [-0.2, 0) is 12.5 Å². The second kappa shape index (κ2) is 13.1. The van der Waals surface area contributed by atoms with Gasteiger partial charge in [-0.25, -0.2) is 26.3 Å². The maximum atomic E-state index is 15.0. The molecule has 0 heterocycles. The van der Waals surface area contributed by atoms with E-state index >= 15 is 8.78 Å². The Morgan fingerprint density at radius 2 is 1.09 bits per heavy atom. The smallest absolute Gasteiger partial charge is 0.429 e. The van der Waals surface area contributed by atoms with Gasteiger partial charge in [-0.05, 0) is 83.1 Å². The molecule has 0 unspecified atom stereocenters. The molecule has 45 heavy (non-hydrogen) atoms. The van der Waals surface area contributed by atoms with Crippen LogP contribution in [0.4, 0.5) is 35.1 Å². The lowest BCUT2D eigenvalue weighted by Crippen LogP contribution is -2.23. The highest BCUT2D eigenvalue weighted by Gasteiger charge is 2.38. The topological polar surface area (TPSA) is 9.23 Å². The van der Waals surface area contributed by atoms with Crippen LogP contribution < -0.4 is 4.74 Å². The standard InChI is InChI=1S/C36H26F8O/c1-2-3-4-5-21-6-8-22(9-7-21)23-11-15-29(32(39)16-23)36(43,44)45-26-12-14-27(31(38)20-26)24-10-13-28(30(37)17-24)25-18-33(40)35(42)34(41)19-25/h6-20H,2-5H2,1H3. The van der Waals surface area contributed by atoms with Crippen LogP contribution in [0.15, 0.2) is 91.0 Å². The maximum Gasteiger partial charge on any atom is 0.429 e. The summed E-state index contributed by atoms with van der Waals surface area (Å²) in [5.74, 6) is -8.59. The van der Waals surface area contributed by atoms with E-state index in [1.165, 1.54) is 12.1 Å². The predicted molar refractivity (Wildman–Crippen MR) is 157 cm³/mol. The molecule has 0 saturated carbocycles. The first-order chi connectivity index (χ1) is 21.5. The number of unbranched alkanes of at least 4 members (excludes halogenated alkanes) is 2. The summed E-state index contributed by atoms with van der Waals surface area (Å²) in [6, 6.07) is 17.9. The molecule has 0 bridgehead atoms. The number of benzene rings is 5. The Morgan fingerprint density at radius 1 is 0.533 bits per heavy atom. The molecule has 0 aliphatic heterocycles.